The smallest absolute Gasteiger partial charge is 0.230 e. The highest BCUT2D eigenvalue weighted by Crippen LogP contribution is 2.60. The van der Waals surface area contributed by atoms with E-state index in [0.717, 1.165) is 54.8 Å². The molecule has 0 aliphatic heterocycles. The van der Waals surface area contributed by atoms with Crippen molar-refractivity contribution in [1.82, 2.24) is 0 Å². The molecular weight excluding hydrogens is 324 g/mol. The Hall–Kier alpha value is -1.84. The molecule has 1 aromatic carbocycles. The molecule has 0 aromatic heterocycles. The van der Waals surface area contributed by atoms with Gasteiger partial charge in [-0.1, -0.05) is 13.8 Å². The number of benzene rings is 1. The van der Waals surface area contributed by atoms with Gasteiger partial charge in [0.1, 0.15) is 0 Å². The van der Waals surface area contributed by atoms with E-state index < -0.39 is 0 Å². The summed E-state index contributed by atoms with van der Waals surface area (Å²) in [5, 5.41) is 6.09. The van der Waals surface area contributed by atoms with Crippen LogP contribution >= 0.6 is 0 Å². The molecule has 140 valence electrons. The van der Waals surface area contributed by atoms with Crippen molar-refractivity contribution in [2.24, 2.45) is 29.1 Å². The Morgan fingerprint density at radius 3 is 1.88 bits per heavy atom. The van der Waals surface area contributed by atoms with Gasteiger partial charge in [-0.05, 0) is 87.0 Å². The molecule has 4 heteroatoms. The average Bonchev–Trinajstić information content (AvgIpc) is 2.61. The number of rotatable bonds is 5. The second-order valence-electron chi connectivity index (χ2n) is 9.03. The second-order valence-corrected chi connectivity index (χ2v) is 9.03. The van der Waals surface area contributed by atoms with Crippen LogP contribution in [0.4, 0.5) is 11.4 Å². The maximum absolute atomic E-state index is 13.1. The fourth-order valence-corrected chi connectivity index (χ4v) is 5.74. The molecule has 0 radical (unpaired) electrons. The zero-order chi connectivity index (χ0) is 18.3. The molecule has 4 bridgehead atoms. The monoisotopic (exact) mass is 354 g/mol. The van der Waals surface area contributed by atoms with Crippen LogP contribution < -0.4 is 10.6 Å². The molecule has 26 heavy (non-hydrogen) atoms. The fourth-order valence-electron chi connectivity index (χ4n) is 5.74. The minimum atomic E-state index is -0.127. The first-order valence-corrected chi connectivity index (χ1v) is 10.2. The van der Waals surface area contributed by atoms with Crippen molar-refractivity contribution in [2.75, 3.05) is 10.6 Å². The summed E-state index contributed by atoms with van der Waals surface area (Å²) in [6.07, 6.45) is 8.09. The Kier molecular flexibility index (Phi) is 4.54. The molecule has 1 unspecified atom stereocenters. The van der Waals surface area contributed by atoms with Crippen molar-refractivity contribution >= 4 is 23.2 Å². The van der Waals surface area contributed by atoms with Crippen molar-refractivity contribution in [3.8, 4) is 0 Å². The van der Waals surface area contributed by atoms with Crippen molar-refractivity contribution in [3.05, 3.63) is 24.3 Å². The molecule has 0 saturated heterocycles. The van der Waals surface area contributed by atoms with Crippen LogP contribution in [0.25, 0.3) is 0 Å². The molecule has 1 atom stereocenters. The minimum Gasteiger partial charge on any atom is -0.326 e. The molecule has 4 nitrogen and oxygen atoms in total. The average molecular weight is 354 g/mol. The Labute approximate surface area is 156 Å². The van der Waals surface area contributed by atoms with Crippen LogP contribution in [-0.4, -0.2) is 11.8 Å². The van der Waals surface area contributed by atoms with Gasteiger partial charge in [0.15, 0.2) is 0 Å². The van der Waals surface area contributed by atoms with Crippen LogP contribution in [0.3, 0.4) is 0 Å². The lowest BCUT2D eigenvalue weighted by molar-refractivity contribution is -0.140. The minimum absolute atomic E-state index is 0.00506. The van der Waals surface area contributed by atoms with Gasteiger partial charge in [0.2, 0.25) is 11.8 Å². The van der Waals surface area contributed by atoms with Gasteiger partial charge in [0, 0.05) is 17.3 Å². The van der Waals surface area contributed by atoms with Gasteiger partial charge in [-0.2, -0.15) is 0 Å². The van der Waals surface area contributed by atoms with Gasteiger partial charge in [0.05, 0.1) is 5.41 Å². The topological polar surface area (TPSA) is 58.2 Å². The third-order valence-corrected chi connectivity index (χ3v) is 6.99. The molecule has 2 amide bonds. The van der Waals surface area contributed by atoms with Gasteiger partial charge in [-0.3, -0.25) is 9.59 Å². The Bertz CT molecular complexity index is 659. The largest absolute Gasteiger partial charge is 0.326 e. The summed E-state index contributed by atoms with van der Waals surface area (Å²) in [6.45, 7) is 3.93. The lowest BCUT2D eigenvalue weighted by Crippen LogP contribution is -2.51. The Balaban J connectivity index is 1.40. The number of carbonyl (C=O) groups excluding carboxylic acids is 2. The van der Waals surface area contributed by atoms with Crippen LogP contribution in [0.5, 0.6) is 0 Å². The molecule has 1 aromatic rings. The molecule has 4 aliphatic rings. The molecule has 4 fully saturated rings. The number of hydrogen-bond acceptors (Lipinski definition) is 2. The summed E-state index contributed by atoms with van der Waals surface area (Å²) in [5.74, 6) is 2.57. The maximum Gasteiger partial charge on any atom is 0.230 e. The van der Waals surface area contributed by atoms with Crippen molar-refractivity contribution < 1.29 is 9.59 Å². The summed E-state index contributed by atoms with van der Waals surface area (Å²) in [6, 6.07) is 7.53. The highest BCUT2D eigenvalue weighted by atomic mass is 16.2. The number of anilines is 2. The van der Waals surface area contributed by atoms with Crippen LogP contribution in [0.1, 0.15) is 58.8 Å². The first-order chi connectivity index (χ1) is 12.5. The normalized spacial score (nSPS) is 32.9. The summed E-state index contributed by atoms with van der Waals surface area (Å²) in [4.78, 5) is 25.1. The maximum atomic E-state index is 13.1. The highest BCUT2D eigenvalue weighted by Gasteiger charge is 2.54. The highest BCUT2D eigenvalue weighted by molar-refractivity contribution is 5.96. The van der Waals surface area contributed by atoms with E-state index in [0.29, 0.717) is 0 Å². The molecular formula is C22H30N2O2. The standard InChI is InChI=1S/C22H30N2O2/c1-3-14(2)20(25)23-18-4-6-19(7-5-18)24-21(26)22-11-15-8-16(12-22)10-17(9-15)13-22/h4-7,14-17H,3,8-13H2,1-2H3,(H,23,25)(H,24,26). The predicted molar refractivity (Wildman–Crippen MR) is 104 cm³/mol. The number of carbonyl (C=O) groups is 2. The summed E-state index contributed by atoms with van der Waals surface area (Å²) < 4.78 is 0. The van der Waals surface area contributed by atoms with Crippen LogP contribution in [0.15, 0.2) is 24.3 Å². The lowest BCUT2D eigenvalue weighted by atomic mass is 9.49. The zero-order valence-corrected chi connectivity index (χ0v) is 15.9. The van der Waals surface area contributed by atoms with Gasteiger partial charge in [-0.25, -0.2) is 0 Å². The van der Waals surface area contributed by atoms with E-state index >= 15 is 0 Å². The fraction of sp³-hybridized carbons (Fsp3) is 0.636. The molecule has 5 rings (SSSR count). The third-order valence-electron chi connectivity index (χ3n) is 6.99. The Morgan fingerprint density at radius 1 is 0.962 bits per heavy atom. The molecule has 0 spiro atoms. The number of nitrogens with one attached hydrogen (secondary N) is 2. The van der Waals surface area contributed by atoms with Gasteiger partial charge in [-0.15, -0.1) is 0 Å². The van der Waals surface area contributed by atoms with E-state index in [2.05, 4.69) is 10.6 Å². The van der Waals surface area contributed by atoms with Crippen LogP contribution in [-0.2, 0) is 9.59 Å². The number of hydrogen-bond donors (Lipinski definition) is 2. The molecule has 2 N–H and O–H groups in total. The van der Waals surface area contributed by atoms with Crippen molar-refractivity contribution in [3.63, 3.8) is 0 Å². The predicted octanol–water partition coefficient (Wildman–Crippen LogP) is 4.83. The number of amides is 2. The van der Waals surface area contributed by atoms with E-state index in [-0.39, 0.29) is 23.1 Å². The molecule has 4 aliphatic carbocycles. The second kappa shape index (κ2) is 6.71. The molecule has 4 saturated carbocycles. The van der Waals surface area contributed by atoms with E-state index in [1.807, 2.05) is 38.1 Å². The summed E-state index contributed by atoms with van der Waals surface area (Å²) >= 11 is 0. The van der Waals surface area contributed by atoms with Crippen molar-refractivity contribution in [2.45, 2.75) is 58.8 Å². The lowest BCUT2D eigenvalue weighted by Gasteiger charge is -2.55. The van der Waals surface area contributed by atoms with E-state index in [4.69, 9.17) is 0 Å². The van der Waals surface area contributed by atoms with Crippen LogP contribution in [0.2, 0.25) is 0 Å². The van der Waals surface area contributed by atoms with Gasteiger partial charge < -0.3 is 10.6 Å². The van der Waals surface area contributed by atoms with Gasteiger partial charge in [0.25, 0.3) is 0 Å². The first-order valence-electron chi connectivity index (χ1n) is 10.2. The van der Waals surface area contributed by atoms with E-state index in [9.17, 15) is 9.59 Å². The van der Waals surface area contributed by atoms with Crippen LogP contribution in [0, 0.1) is 29.1 Å². The van der Waals surface area contributed by atoms with E-state index in [1.54, 1.807) is 0 Å². The summed E-state index contributed by atoms with van der Waals surface area (Å²) in [5.41, 5.74) is 1.48. The summed E-state index contributed by atoms with van der Waals surface area (Å²) in [7, 11) is 0. The molecule has 0 heterocycles. The third kappa shape index (κ3) is 3.26. The quantitative estimate of drug-likeness (QED) is 0.796. The first kappa shape index (κ1) is 17.6. The SMILES string of the molecule is CCC(C)C(=O)Nc1ccc(NC(=O)C23CC4CC(CC(C4)C2)C3)cc1. The van der Waals surface area contributed by atoms with E-state index in [1.165, 1.54) is 19.3 Å². The van der Waals surface area contributed by atoms with Crippen molar-refractivity contribution in [1.29, 1.82) is 0 Å². The van der Waals surface area contributed by atoms with Gasteiger partial charge >= 0.3 is 0 Å². The zero-order valence-electron chi connectivity index (χ0n) is 15.9. The Morgan fingerprint density at radius 2 is 1.42 bits per heavy atom.